The molecule has 0 aliphatic rings. The number of aliphatic hydroxyl groups is 1. The first kappa shape index (κ1) is 15.2. The Balaban J connectivity index is 2.21. The van der Waals surface area contributed by atoms with Gasteiger partial charge in [-0.05, 0) is 24.6 Å². The zero-order chi connectivity index (χ0) is 15.7. The maximum atomic E-state index is 9.21. The second-order valence-electron chi connectivity index (χ2n) is 5.08. The summed E-state index contributed by atoms with van der Waals surface area (Å²) in [5.41, 5.74) is 2.18. The van der Waals surface area contributed by atoms with Crippen molar-refractivity contribution < 1.29 is 5.11 Å². The largest absolute Gasteiger partial charge is 0.395 e. The summed E-state index contributed by atoms with van der Waals surface area (Å²) in [6.45, 7) is 2.50. The van der Waals surface area contributed by atoms with E-state index < -0.39 is 0 Å². The number of likely N-dealkylation sites (N-methyl/N-ethyl adjacent to an activating group) is 1. The topological polar surface area (TPSA) is 49.2 Å². The molecule has 0 saturated heterocycles. The Kier molecular flexibility index (Phi) is 4.29. The van der Waals surface area contributed by atoms with Crippen LogP contribution in [0.15, 0.2) is 29.6 Å². The van der Waals surface area contributed by atoms with Crippen molar-refractivity contribution >= 4 is 39.0 Å². The van der Waals surface area contributed by atoms with E-state index in [-0.39, 0.29) is 6.61 Å². The molecule has 0 amide bonds. The van der Waals surface area contributed by atoms with E-state index in [0.717, 1.165) is 33.0 Å². The molecule has 22 heavy (non-hydrogen) atoms. The summed E-state index contributed by atoms with van der Waals surface area (Å²) in [6, 6.07) is 7.76. The maximum absolute atomic E-state index is 9.21. The molecule has 0 aliphatic carbocycles. The quantitative estimate of drug-likeness (QED) is 0.790. The lowest BCUT2D eigenvalue weighted by molar-refractivity contribution is 0.304. The molecule has 0 aliphatic heterocycles. The highest BCUT2D eigenvalue weighted by Gasteiger charge is 2.16. The Bertz CT molecular complexity index is 801. The summed E-state index contributed by atoms with van der Waals surface area (Å²) in [5.74, 6) is 1.58. The average molecular weight is 334 g/mol. The molecule has 2 aromatic heterocycles. The second-order valence-corrected chi connectivity index (χ2v) is 6.37. The normalized spacial score (nSPS) is 11.1. The van der Waals surface area contributed by atoms with E-state index in [2.05, 4.69) is 15.3 Å². The van der Waals surface area contributed by atoms with Gasteiger partial charge >= 0.3 is 0 Å². The van der Waals surface area contributed by atoms with Gasteiger partial charge in [0.2, 0.25) is 0 Å². The minimum absolute atomic E-state index is 0.0848. The van der Waals surface area contributed by atoms with Crippen molar-refractivity contribution in [1.82, 2.24) is 9.97 Å². The van der Waals surface area contributed by atoms with Crippen molar-refractivity contribution in [2.45, 2.75) is 6.92 Å². The smallest absolute Gasteiger partial charge is 0.141 e. The van der Waals surface area contributed by atoms with Crippen molar-refractivity contribution in [3.63, 3.8) is 0 Å². The minimum Gasteiger partial charge on any atom is -0.395 e. The first-order valence-electron chi connectivity index (χ1n) is 6.94. The molecule has 0 radical (unpaired) electrons. The summed E-state index contributed by atoms with van der Waals surface area (Å²) >= 11 is 7.58. The predicted octanol–water partition coefficient (Wildman–Crippen LogP) is 3.75. The lowest BCUT2D eigenvalue weighted by Crippen LogP contribution is -2.23. The lowest BCUT2D eigenvalue weighted by Gasteiger charge is -2.18. The third kappa shape index (κ3) is 2.79. The summed E-state index contributed by atoms with van der Waals surface area (Å²) in [4.78, 5) is 12.0. The molecule has 2 heterocycles. The van der Waals surface area contributed by atoms with Crippen LogP contribution in [0.2, 0.25) is 5.02 Å². The highest BCUT2D eigenvalue weighted by molar-refractivity contribution is 7.17. The van der Waals surface area contributed by atoms with Gasteiger partial charge < -0.3 is 10.0 Å². The Morgan fingerprint density at radius 2 is 1.95 bits per heavy atom. The van der Waals surface area contributed by atoms with Gasteiger partial charge in [0.05, 0.1) is 12.0 Å². The number of anilines is 1. The van der Waals surface area contributed by atoms with Crippen LogP contribution in [0.4, 0.5) is 5.82 Å². The van der Waals surface area contributed by atoms with Crippen LogP contribution in [0.5, 0.6) is 0 Å². The number of aliphatic hydroxyl groups excluding tert-OH is 1. The summed E-state index contributed by atoms with van der Waals surface area (Å²) in [6.07, 6.45) is 0. The number of benzene rings is 1. The molecule has 3 aromatic rings. The van der Waals surface area contributed by atoms with Crippen LogP contribution in [-0.4, -0.2) is 35.3 Å². The van der Waals surface area contributed by atoms with E-state index in [1.165, 1.54) is 0 Å². The molecule has 6 heteroatoms. The molecule has 1 N–H and O–H groups in total. The number of rotatable bonds is 4. The summed E-state index contributed by atoms with van der Waals surface area (Å²) in [7, 11) is 1.93. The van der Waals surface area contributed by atoms with Crippen molar-refractivity contribution in [3.8, 4) is 11.1 Å². The number of hydrogen-bond donors (Lipinski definition) is 1. The van der Waals surface area contributed by atoms with Gasteiger partial charge in [0, 0.05) is 29.6 Å². The number of halogens is 1. The van der Waals surface area contributed by atoms with E-state index in [1.54, 1.807) is 11.3 Å². The number of aryl methyl sites for hydroxylation is 1. The highest BCUT2D eigenvalue weighted by atomic mass is 35.5. The zero-order valence-corrected chi connectivity index (χ0v) is 13.9. The van der Waals surface area contributed by atoms with Crippen LogP contribution in [0.3, 0.4) is 0 Å². The van der Waals surface area contributed by atoms with Gasteiger partial charge in [-0.25, -0.2) is 9.97 Å². The number of fused-ring (bicyclic) bond motifs is 1. The van der Waals surface area contributed by atoms with Gasteiger partial charge in [0.15, 0.2) is 0 Å². The standard InChI is InChI=1S/C16H16ClN3OS/c1-10-18-15(20(2)7-8-21)14-13(9-22-16(14)19-10)11-3-5-12(17)6-4-11/h3-6,9,21H,7-8H2,1-2H3. The van der Waals surface area contributed by atoms with Crippen molar-refractivity contribution in [2.24, 2.45) is 0 Å². The number of thiophene rings is 1. The minimum atomic E-state index is 0.0848. The molecule has 0 saturated carbocycles. The molecular weight excluding hydrogens is 318 g/mol. The maximum Gasteiger partial charge on any atom is 0.141 e. The van der Waals surface area contributed by atoms with Gasteiger partial charge in [-0.15, -0.1) is 11.3 Å². The van der Waals surface area contributed by atoms with E-state index in [0.29, 0.717) is 11.6 Å². The predicted molar refractivity (Wildman–Crippen MR) is 93.0 cm³/mol. The Morgan fingerprint density at radius 3 is 2.64 bits per heavy atom. The second kappa shape index (κ2) is 6.20. The molecule has 0 fully saturated rings. The first-order valence-corrected chi connectivity index (χ1v) is 8.19. The van der Waals surface area contributed by atoms with Gasteiger partial charge in [-0.2, -0.15) is 0 Å². The molecule has 4 nitrogen and oxygen atoms in total. The molecule has 1 aromatic carbocycles. The van der Waals surface area contributed by atoms with E-state index >= 15 is 0 Å². The number of hydrogen-bond acceptors (Lipinski definition) is 5. The van der Waals surface area contributed by atoms with Crippen LogP contribution >= 0.6 is 22.9 Å². The Hall–Kier alpha value is -1.69. The Morgan fingerprint density at radius 1 is 1.23 bits per heavy atom. The third-order valence-corrected chi connectivity index (χ3v) is 4.60. The fraction of sp³-hybridized carbons (Fsp3) is 0.250. The molecule has 3 rings (SSSR count). The van der Waals surface area contributed by atoms with Crippen LogP contribution in [0.25, 0.3) is 21.3 Å². The number of aromatic nitrogens is 2. The van der Waals surface area contributed by atoms with Gasteiger partial charge in [-0.3, -0.25) is 0 Å². The molecule has 114 valence electrons. The third-order valence-electron chi connectivity index (χ3n) is 3.48. The van der Waals surface area contributed by atoms with Gasteiger partial charge in [-0.1, -0.05) is 23.7 Å². The zero-order valence-electron chi connectivity index (χ0n) is 12.4. The van der Waals surface area contributed by atoms with Crippen LogP contribution < -0.4 is 4.90 Å². The molecule has 0 unspecified atom stereocenters. The molecule has 0 spiro atoms. The lowest BCUT2D eigenvalue weighted by atomic mass is 10.1. The molecule has 0 bridgehead atoms. The number of nitrogens with zero attached hydrogens (tertiary/aromatic N) is 3. The highest BCUT2D eigenvalue weighted by Crippen LogP contribution is 2.38. The average Bonchev–Trinajstić information content (AvgIpc) is 2.91. The van der Waals surface area contributed by atoms with Crippen molar-refractivity contribution in [3.05, 3.63) is 40.5 Å². The SMILES string of the molecule is Cc1nc(N(C)CCO)c2c(-c3ccc(Cl)cc3)csc2n1. The van der Waals surface area contributed by atoms with E-state index in [1.807, 2.05) is 43.1 Å². The first-order chi connectivity index (χ1) is 10.6. The summed E-state index contributed by atoms with van der Waals surface area (Å²) in [5, 5.41) is 13.0. The molecule has 0 atom stereocenters. The van der Waals surface area contributed by atoms with Gasteiger partial charge in [0.1, 0.15) is 16.5 Å². The van der Waals surface area contributed by atoms with Gasteiger partial charge in [0.25, 0.3) is 0 Å². The Labute approximate surface area is 138 Å². The van der Waals surface area contributed by atoms with E-state index in [9.17, 15) is 5.11 Å². The molecular formula is C16H16ClN3OS. The fourth-order valence-electron chi connectivity index (χ4n) is 2.40. The van der Waals surface area contributed by atoms with Crippen LogP contribution in [-0.2, 0) is 0 Å². The van der Waals surface area contributed by atoms with Crippen molar-refractivity contribution in [1.29, 1.82) is 0 Å². The van der Waals surface area contributed by atoms with Crippen LogP contribution in [0.1, 0.15) is 5.82 Å². The van der Waals surface area contributed by atoms with E-state index in [4.69, 9.17) is 11.6 Å². The fourth-order valence-corrected chi connectivity index (χ4v) is 3.51. The summed E-state index contributed by atoms with van der Waals surface area (Å²) < 4.78 is 0. The monoisotopic (exact) mass is 333 g/mol. The van der Waals surface area contributed by atoms with Crippen LogP contribution in [0, 0.1) is 6.92 Å². The van der Waals surface area contributed by atoms with Crippen molar-refractivity contribution in [2.75, 3.05) is 25.1 Å².